The minimum Gasteiger partial charge on any atom is -0.372 e. The number of rotatable bonds is 7. The molecule has 0 radical (unpaired) electrons. The first-order chi connectivity index (χ1) is 10.0. The van der Waals surface area contributed by atoms with Crippen molar-refractivity contribution in [2.45, 2.75) is 71.0 Å². The molecular formula is C19H31NO. The molecule has 2 atom stereocenters. The Balaban J connectivity index is 2.04. The molecule has 1 aliphatic rings. The highest BCUT2D eigenvalue weighted by atomic mass is 16.5. The lowest BCUT2D eigenvalue weighted by Crippen LogP contribution is -2.27. The van der Waals surface area contributed by atoms with E-state index in [4.69, 9.17) is 4.74 Å². The van der Waals surface area contributed by atoms with Gasteiger partial charge in [0.1, 0.15) is 0 Å². The number of ether oxygens (including phenoxy) is 1. The Kier molecular flexibility index (Phi) is 5.83. The zero-order valence-electron chi connectivity index (χ0n) is 14.1. The van der Waals surface area contributed by atoms with Gasteiger partial charge in [0, 0.05) is 6.54 Å². The van der Waals surface area contributed by atoms with E-state index in [0.29, 0.717) is 12.0 Å². The highest BCUT2D eigenvalue weighted by Crippen LogP contribution is 2.35. The average molecular weight is 289 g/mol. The van der Waals surface area contributed by atoms with Crippen molar-refractivity contribution in [3.05, 3.63) is 35.4 Å². The molecule has 2 nitrogen and oxygen atoms in total. The van der Waals surface area contributed by atoms with Gasteiger partial charge in [-0.25, -0.2) is 0 Å². The van der Waals surface area contributed by atoms with Crippen LogP contribution in [0.5, 0.6) is 0 Å². The number of nitrogens with one attached hydrogen (secondary N) is 1. The van der Waals surface area contributed by atoms with Crippen molar-refractivity contribution in [2.24, 2.45) is 0 Å². The van der Waals surface area contributed by atoms with Gasteiger partial charge in [-0.3, -0.25) is 0 Å². The molecule has 0 amide bonds. The van der Waals surface area contributed by atoms with Gasteiger partial charge in [-0.2, -0.15) is 0 Å². The summed E-state index contributed by atoms with van der Waals surface area (Å²) in [6, 6.07) is 8.80. The van der Waals surface area contributed by atoms with Crippen LogP contribution in [0.4, 0.5) is 0 Å². The molecular weight excluding hydrogens is 258 g/mol. The van der Waals surface area contributed by atoms with Crippen LogP contribution in [0.1, 0.15) is 63.5 Å². The van der Waals surface area contributed by atoms with Crippen LogP contribution in [-0.4, -0.2) is 24.8 Å². The number of benzene rings is 1. The predicted molar refractivity (Wildman–Crippen MR) is 89.9 cm³/mol. The number of hydrogen-bond donors (Lipinski definition) is 1. The summed E-state index contributed by atoms with van der Waals surface area (Å²) in [5.74, 6) is 0.552. The van der Waals surface area contributed by atoms with Crippen molar-refractivity contribution in [2.75, 3.05) is 13.1 Å². The highest BCUT2D eigenvalue weighted by molar-refractivity contribution is 5.29. The normalized spacial score (nSPS) is 22.4. The minimum atomic E-state index is 0.0673. The molecule has 2 heteroatoms. The van der Waals surface area contributed by atoms with E-state index in [9.17, 15) is 0 Å². The monoisotopic (exact) mass is 289 g/mol. The molecule has 0 aromatic heterocycles. The third-order valence-corrected chi connectivity index (χ3v) is 4.55. The van der Waals surface area contributed by atoms with E-state index in [2.05, 4.69) is 57.3 Å². The van der Waals surface area contributed by atoms with Gasteiger partial charge >= 0.3 is 0 Å². The summed E-state index contributed by atoms with van der Waals surface area (Å²) in [6.07, 6.45) is 5.11. The maximum absolute atomic E-state index is 6.22. The second-order valence-corrected chi connectivity index (χ2v) is 7.03. The molecule has 0 aliphatic carbocycles. The lowest BCUT2D eigenvalue weighted by atomic mass is 9.89. The van der Waals surface area contributed by atoms with E-state index in [1.807, 2.05) is 0 Å². The number of aryl methyl sites for hydroxylation is 1. The Bertz CT molecular complexity index is 441. The minimum absolute atomic E-state index is 0.0673. The smallest absolute Gasteiger partial charge is 0.0631 e. The molecule has 0 bridgehead atoms. The lowest BCUT2D eigenvalue weighted by Gasteiger charge is -2.25. The third-order valence-electron chi connectivity index (χ3n) is 4.55. The Hall–Kier alpha value is -0.860. The first kappa shape index (κ1) is 16.5. The maximum atomic E-state index is 6.22. The van der Waals surface area contributed by atoms with Crippen LogP contribution >= 0.6 is 0 Å². The fraction of sp³-hybridized carbons (Fsp3) is 0.684. The summed E-state index contributed by atoms with van der Waals surface area (Å²) in [4.78, 5) is 0. The lowest BCUT2D eigenvalue weighted by molar-refractivity contribution is -0.0209. The SMILES string of the molecule is CCCNCC(CC1CCC(C)(C)O1)c1ccccc1C. The van der Waals surface area contributed by atoms with Crippen LogP contribution in [0.3, 0.4) is 0 Å². The molecule has 1 saturated heterocycles. The van der Waals surface area contributed by atoms with Gasteiger partial charge in [-0.1, -0.05) is 31.2 Å². The van der Waals surface area contributed by atoms with Gasteiger partial charge in [0.05, 0.1) is 11.7 Å². The Morgan fingerprint density at radius 3 is 2.71 bits per heavy atom. The zero-order valence-corrected chi connectivity index (χ0v) is 14.1. The quantitative estimate of drug-likeness (QED) is 0.750. The summed E-state index contributed by atoms with van der Waals surface area (Å²) in [6.45, 7) is 11.0. The summed E-state index contributed by atoms with van der Waals surface area (Å²) in [5.41, 5.74) is 2.95. The predicted octanol–water partition coefficient (Wildman–Crippen LogP) is 4.43. The molecule has 1 fully saturated rings. The van der Waals surface area contributed by atoms with E-state index < -0.39 is 0 Å². The number of hydrogen-bond acceptors (Lipinski definition) is 2. The molecule has 21 heavy (non-hydrogen) atoms. The highest BCUT2D eigenvalue weighted by Gasteiger charge is 2.33. The van der Waals surface area contributed by atoms with Crippen LogP contribution in [0, 0.1) is 6.92 Å². The summed E-state index contributed by atoms with van der Waals surface area (Å²) >= 11 is 0. The van der Waals surface area contributed by atoms with Crippen LogP contribution in [0.25, 0.3) is 0 Å². The summed E-state index contributed by atoms with van der Waals surface area (Å²) in [7, 11) is 0. The van der Waals surface area contributed by atoms with Crippen LogP contribution in [0.15, 0.2) is 24.3 Å². The standard InChI is InChI=1S/C19H31NO/c1-5-12-20-14-16(18-9-7-6-8-15(18)2)13-17-10-11-19(3,4)21-17/h6-9,16-17,20H,5,10-14H2,1-4H3. The van der Waals surface area contributed by atoms with Gasteiger partial charge < -0.3 is 10.1 Å². The third kappa shape index (κ3) is 4.82. The fourth-order valence-corrected chi connectivity index (χ4v) is 3.38. The van der Waals surface area contributed by atoms with Gasteiger partial charge in [0.15, 0.2) is 0 Å². The first-order valence-corrected chi connectivity index (χ1v) is 8.46. The summed E-state index contributed by atoms with van der Waals surface area (Å²) in [5, 5.41) is 3.60. The second kappa shape index (κ2) is 7.42. The van der Waals surface area contributed by atoms with Crippen molar-refractivity contribution < 1.29 is 4.74 Å². The van der Waals surface area contributed by atoms with Crippen molar-refractivity contribution >= 4 is 0 Å². The van der Waals surface area contributed by atoms with Gasteiger partial charge in [-0.05, 0) is 70.0 Å². The van der Waals surface area contributed by atoms with Gasteiger partial charge in [0.25, 0.3) is 0 Å². The molecule has 2 unspecified atom stereocenters. The average Bonchev–Trinajstić information content (AvgIpc) is 2.78. The van der Waals surface area contributed by atoms with Gasteiger partial charge in [-0.15, -0.1) is 0 Å². The van der Waals surface area contributed by atoms with Gasteiger partial charge in [0.2, 0.25) is 0 Å². The Labute approximate surface area is 130 Å². The molecule has 1 aromatic rings. The maximum Gasteiger partial charge on any atom is 0.0631 e. The molecule has 1 aliphatic heterocycles. The second-order valence-electron chi connectivity index (χ2n) is 7.03. The van der Waals surface area contributed by atoms with E-state index in [-0.39, 0.29) is 5.60 Å². The molecule has 0 saturated carbocycles. The van der Waals surface area contributed by atoms with Crippen molar-refractivity contribution in [3.63, 3.8) is 0 Å². The largest absolute Gasteiger partial charge is 0.372 e. The Morgan fingerprint density at radius 1 is 1.33 bits per heavy atom. The van der Waals surface area contributed by atoms with Crippen molar-refractivity contribution in [1.29, 1.82) is 0 Å². The van der Waals surface area contributed by atoms with E-state index in [1.54, 1.807) is 0 Å². The first-order valence-electron chi connectivity index (χ1n) is 8.46. The molecule has 1 heterocycles. The van der Waals surface area contributed by atoms with E-state index in [0.717, 1.165) is 19.5 Å². The van der Waals surface area contributed by atoms with Crippen LogP contribution in [-0.2, 0) is 4.74 Å². The molecule has 1 aromatic carbocycles. The van der Waals surface area contributed by atoms with E-state index >= 15 is 0 Å². The van der Waals surface area contributed by atoms with Crippen molar-refractivity contribution in [1.82, 2.24) is 5.32 Å². The van der Waals surface area contributed by atoms with Crippen LogP contribution < -0.4 is 5.32 Å². The summed E-state index contributed by atoms with van der Waals surface area (Å²) < 4.78 is 6.22. The molecule has 1 N–H and O–H groups in total. The molecule has 0 spiro atoms. The molecule has 2 rings (SSSR count). The van der Waals surface area contributed by atoms with Crippen LogP contribution in [0.2, 0.25) is 0 Å². The topological polar surface area (TPSA) is 21.3 Å². The fourth-order valence-electron chi connectivity index (χ4n) is 3.38. The van der Waals surface area contributed by atoms with Crippen molar-refractivity contribution in [3.8, 4) is 0 Å². The molecule has 118 valence electrons. The Morgan fingerprint density at radius 2 is 2.10 bits per heavy atom. The zero-order chi connectivity index (χ0) is 15.3. The van der Waals surface area contributed by atoms with E-state index in [1.165, 1.54) is 30.4 Å².